The smallest absolute Gasteiger partial charge is 0.153 e. The zero-order valence-corrected chi connectivity index (χ0v) is 11.6. The summed E-state index contributed by atoms with van der Waals surface area (Å²) in [7, 11) is 0. The molecule has 1 aromatic carbocycles. The van der Waals surface area contributed by atoms with E-state index in [1.807, 2.05) is 18.2 Å². The second-order valence-corrected chi connectivity index (χ2v) is 4.82. The average Bonchev–Trinajstić information content (AvgIpc) is 2.38. The molecule has 0 aliphatic rings. The molecule has 0 saturated heterocycles. The molecule has 1 heterocycles. The Balaban J connectivity index is 2.21. The summed E-state index contributed by atoms with van der Waals surface area (Å²) in [6.07, 6.45) is 2.40. The molecule has 18 heavy (non-hydrogen) atoms. The maximum atomic E-state index is 11.0. The molecule has 0 saturated carbocycles. The molecule has 0 aliphatic heterocycles. The standard InChI is InChI=1S/C13H9BrClNO2/c14-12-6-10(15)5-9(7-17)13(12)18-8-11-3-1-2-4-16-11/h1-7H,8H2. The highest BCUT2D eigenvalue weighted by Crippen LogP contribution is 2.32. The molecule has 0 aliphatic carbocycles. The van der Waals surface area contributed by atoms with Gasteiger partial charge in [0.2, 0.25) is 0 Å². The number of nitrogens with zero attached hydrogens (tertiary/aromatic N) is 1. The van der Waals surface area contributed by atoms with Crippen LogP contribution in [-0.4, -0.2) is 11.3 Å². The molecule has 0 N–H and O–H groups in total. The molecule has 2 aromatic rings. The summed E-state index contributed by atoms with van der Waals surface area (Å²) in [6, 6.07) is 8.81. The van der Waals surface area contributed by atoms with Gasteiger partial charge in [0.05, 0.1) is 15.7 Å². The highest BCUT2D eigenvalue weighted by Gasteiger charge is 2.10. The zero-order valence-electron chi connectivity index (χ0n) is 9.27. The maximum Gasteiger partial charge on any atom is 0.153 e. The lowest BCUT2D eigenvalue weighted by Crippen LogP contribution is -2.00. The minimum Gasteiger partial charge on any atom is -0.485 e. The van der Waals surface area contributed by atoms with Gasteiger partial charge in [0, 0.05) is 11.2 Å². The number of carbonyl (C=O) groups excluding carboxylic acids is 1. The van der Waals surface area contributed by atoms with Crippen molar-refractivity contribution in [3.8, 4) is 5.75 Å². The van der Waals surface area contributed by atoms with Gasteiger partial charge in [0.1, 0.15) is 12.4 Å². The van der Waals surface area contributed by atoms with Crippen LogP contribution in [0.3, 0.4) is 0 Å². The fraction of sp³-hybridized carbons (Fsp3) is 0.0769. The van der Waals surface area contributed by atoms with Crippen molar-refractivity contribution in [1.29, 1.82) is 0 Å². The van der Waals surface area contributed by atoms with E-state index in [-0.39, 0.29) is 0 Å². The van der Waals surface area contributed by atoms with Crippen molar-refractivity contribution in [3.63, 3.8) is 0 Å². The molecule has 0 fully saturated rings. The number of hydrogen-bond acceptors (Lipinski definition) is 3. The number of hydrogen-bond donors (Lipinski definition) is 0. The SMILES string of the molecule is O=Cc1cc(Cl)cc(Br)c1OCc1ccccn1. The summed E-state index contributed by atoms with van der Waals surface area (Å²) < 4.78 is 6.25. The van der Waals surface area contributed by atoms with E-state index >= 15 is 0 Å². The Kier molecular flexibility index (Phi) is 4.33. The average molecular weight is 327 g/mol. The highest BCUT2D eigenvalue weighted by atomic mass is 79.9. The van der Waals surface area contributed by atoms with Crippen molar-refractivity contribution in [1.82, 2.24) is 4.98 Å². The third-order valence-electron chi connectivity index (χ3n) is 2.25. The highest BCUT2D eigenvalue weighted by molar-refractivity contribution is 9.10. The predicted octanol–water partition coefficient (Wildman–Crippen LogP) is 3.89. The van der Waals surface area contributed by atoms with Crippen molar-refractivity contribution in [3.05, 3.63) is 57.3 Å². The molecule has 0 bridgehead atoms. The summed E-state index contributed by atoms with van der Waals surface area (Å²) in [5, 5.41) is 0.481. The van der Waals surface area contributed by atoms with Crippen LogP contribution in [0.25, 0.3) is 0 Å². The number of benzene rings is 1. The molecule has 0 atom stereocenters. The summed E-state index contributed by atoms with van der Waals surface area (Å²) in [5.41, 5.74) is 1.20. The minimum atomic E-state index is 0.294. The molecule has 0 spiro atoms. The summed E-state index contributed by atoms with van der Waals surface area (Å²) in [4.78, 5) is 15.1. The number of pyridine rings is 1. The predicted molar refractivity (Wildman–Crippen MR) is 73.1 cm³/mol. The number of rotatable bonds is 4. The fourth-order valence-electron chi connectivity index (χ4n) is 1.45. The van der Waals surface area contributed by atoms with E-state index in [2.05, 4.69) is 20.9 Å². The number of aromatic nitrogens is 1. The van der Waals surface area contributed by atoms with Gasteiger partial charge in [-0.1, -0.05) is 17.7 Å². The van der Waals surface area contributed by atoms with Crippen LogP contribution < -0.4 is 4.74 Å². The van der Waals surface area contributed by atoms with Gasteiger partial charge in [-0.2, -0.15) is 0 Å². The second-order valence-electron chi connectivity index (χ2n) is 3.53. The van der Waals surface area contributed by atoms with Crippen molar-refractivity contribution in [2.24, 2.45) is 0 Å². The van der Waals surface area contributed by atoms with Gasteiger partial charge in [-0.3, -0.25) is 9.78 Å². The summed E-state index contributed by atoms with van der Waals surface area (Å²) in [5.74, 6) is 0.472. The van der Waals surface area contributed by atoms with E-state index in [0.717, 1.165) is 5.69 Å². The van der Waals surface area contributed by atoms with Gasteiger partial charge < -0.3 is 4.74 Å². The second kappa shape index (κ2) is 5.98. The Bertz CT molecular complexity index is 560. The van der Waals surface area contributed by atoms with Crippen LogP contribution in [0.4, 0.5) is 0 Å². The fourth-order valence-corrected chi connectivity index (χ4v) is 2.40. The van der Waals surface area contributed by atoms with Crippen LogP contribution in [0.15, 0.2) is 41.0 Å². The first-order chi connectivity index (χ1) is 8.70. The van der Waals surface area contributed by atoms with Gasteiger partial charge in [0.15, 0.2) is 6.29 Å². The molecular formula is C13H9BrClNO2. The third kappa shape index (κ3) is 3.09. The van der Waals surface area contributed by atoms with E-state index in [0.29, 0.717) is 33.7 Å². The monoisotopic (exact) mass is 325 g/mol. The van der Waals surface area contributed by atoms with Crippen LogP contribution in [0.1, 0.15) is 16.1 Å². The van der Waals surface area contributed by atoms with E-state index < -0.39 is 0 Å². The Morgan fingerprint density at radius 2 is 2.22 bits per heavy atom. The summed E-state index contributed by atoms with van der Waals surface area (Å²) >= 11 is 9.18. The van der Waals surface area contributed by atoms with Gasteiger partial charge in [0.25, 0.3) is 0 Å². The normalized spacial score (nSPS) is 10.1. The topological polar surface area (TPSA) is 39.2 Å². The maximum absolute atomic E-state index is 11.0. The number of aldehydes is 1. The lowest BCUT2D eigenvalue weighted by Gasteiger charge is -2.10. The van der Waals surface area contributed by atoms with Crippen LogP contribution in [0.2, 0.25) is 5.02 Å². The van der Waals surface area contributed by atoms with Gasteiger partial charge in [-0.25, -0.2) is 0 Å². The number of carbonyl (C=O) groups is 1. The molecule has 92 valence electrons. The van der Waals surface area contributed by atoms with Crippen molar-refractivity contribution in [2.45, 2.75) is 6.61 Å². The first-order valence-corrected chi connectivity index (χ1v) is 6.34. The van der Waals surface area contributed by atoms with Crippen LogP contribution >= 0.6 is 27.5 Å². The third-order valence-corrected chi connectivity index (χ3v) is 3.06. The lowest BCUT2D eigenvalue weighted by molar-refractivity contribution is 0.111. The molecule has 3 nitrogen and oxygen atoms in total. The van der Waals surface area contributed by atoms with Crippen LogP contribution in [0.5, 0.6) is 5.75 Å². The van der Waals surface area contributed by atoms with Crippen LogP contribution in [0, 0.1) is 0 Å². The largest absolute Gasteiger partial charge is 0.485 e. The lowest BCUT2D eigenvalue weighted by atomic mass is 10.2. The molecular weight excluding hydrogens is 318 g/mol. The van der Waals surface area contributed by atoms with Crippen LogP contribution in [-0.2, 0) is 6.61 Å². The first kappa shape index (κ1) is 13.1. The van der Waals surface area contributed by atoms with Crippen molar-refractivity contribution < 1.29 is 9.53 Å². The van der Waals surface area contributed by atoms with Gasteiger partial charge in [-0.15, -0.1) is 0 Å². The molecule has 1 aromatic heterocycles. The Labute approximate surface area is 118 Å². The van der Waals surface area contributed by atoms with E-state index in [9.17, 15) is 4.79 Å². The zero-order chi connectivity index (χ0) is 13.0. The Morgan fingerprint density at radius 1 is 1.39 bits per heavy atom. The van der Waals surface area contributed by atoms with E-state index in [1.165, 1.54) is 0 Å². The molecule has 2 rings (SSSR count). The summed E-state index contributed by atoms with van der Waals surface area (Å²) in [6.45, 7) is 0.294. The molecule has 0 unspecified atom stereocenters. The number of halogens is 2. The van der Waals surface area contributed by atoms with Crippen molar-refractivity contribution >= 4 is 33.8 Å². The minimum absolute atomic E-state index is 0.294. The number of ether oxygens (including phenoxy) is 1. The quantitative estimate of drug-likeness (QED) is 0.800. The Hall–Kier alpha value is -1.39. The molecule has 0 radical (unpaired) electrons. The van der Waals surface area contributed by atoms with E-state index in [1.54, 1.807) is 18.3 Å². The molecule has 0 amide bonds. The first-order valence-electron chi connectivity index (χ1n) is 5.17. The Morgan fingerprint density at radius 3 is 2.89 bits per heavy atom. The van der Waals surface area contributed by atoms with E-state index in [4.69, 9.17) is 16.3 Å². The van der Waals surface area contributed by atoms with Gasteiger partial charge in [-0.05, 0) is 40.2 Å². The van der Waals surface area contributed by atoms with Crippen molar-refractivity contribution in [2.75, 3.05) is 0 Å². The molecule has 5 heteroatoms. The van der Waals surface area contributed by atoms with Gasteiger partial charge >= 0.3 is 0 Å².